The lowest BCUT2D eigenvalue weighted by atomic mass is 10.1. The smallest absolute Gasteiger partial charge is 0.280 e. The van der Waals surface area contributed by atoms with E-state index in [1.165, 1.54) is 0 Å². The van der Waals surface area contributed by atoms with Gasteiger partial charge in [0.25, 0.3) is 5.91 Å². The molecule has 1 heterocycles. The van der Waals surface area contributed by atoms with E-state index in [4.69, 9.17) is 9.47 Å². The van der Waals surface area contributed by atoms with E-state index in [0.29, 0.717) is 41.7 Å². The number of amides is 1. The molecule has 0 spiro atoms. The van der Waals surface area contributed by atoms with Gasteiger partial charge in [-0.2, -0.15) is 5.11 Å². The van der Waals surface area contributed by atoms with Crippen molar-refractivity contribution in [3.63, 3.8) is 0 Å². The largest absolute Gasteiger partial charge is 0.505 e. The summed E-state index contributed by atoms with van der Waals surface area (Å²) in [6.07, 6.45) is 0. The van der Waals surface area contributed by atoms with Crippen molar-refractivity contribution in [3.8, 4) is 11.5 Å². The minimum atomic E-state index is -0.580. The molecule has 7 nitrogen and oxygen atoms in total. The molecular formula is C23H19N3O4. The van der Waals surface area contributed by atoms with Crippen LogP contribution in [0.25, 0.3) is 5.76 Å². The molecule has 3 aromatic carbocycles. The van der Waals surface area contributed by atoms with E-state index >= 15 is 0 Å². The van der Waals surface area contributed by atoms with Crippen LogP contribution in [0.15, 0.2) is 94.8 Å². The number of nitrogens with one attached hydrogen (secondary N) is 1. The van der Waals surface area contributed by atoms with Crippen LogP contribution < -0.4 is 14.8 Å². The van der Waals surface area contributed by atoms with Gasteiger partial charge in [0.1, 0.15) is 13.2 Å². The Hall–Kier alpha value is -4.13. The third-order valence-electron chi connectivity index (χ3n) is 4.31. The van der Waals surface area contributed by atoms with E-state index in [2.05, 4.69) is 15.5 Å². The molecule has 0 radical (unpaired) electrons. The Bertz CT molecular complexity index is 1100. The van der Waals surface area contributed by atoms with Crippen molar-refractivity contribution in [1.82, 2.24) is 0 Å². The summed E-state index contributed by atoms with van der Waals surface area (Å²) in [4.78, 5) is 12.9. The van der Waals surface area contributed by atoms with Gasteiger partial charge in [0.05, 0.1) is 5.69 Å². The molecule has 0 saturated carbocycles. The number of aliphatic hydroxyl groups excluding tert-OH is 1. The summed E-state index contributed by atoms with van der Waals surface area (Å²) in [6, 6.07) is 22.7. The van der Waals surface area contributed by atoms with Gasteiger partial charge < -0.3 is 19.9 Å². The van der Waals surface area contributed by atoms with Gasteiger partial charge in [-0.15, -0.1) is 5.11 Å². The van der Waals surface area contributed by atoms with E-state index in [0.717, 1.165) is 0 Å². The van der Waals surface area contributed by atoms with Gasteiger partial charge in [0.2, 0.25) is 0 Å². The molecule has 1 amide bonds. The maximum atomic E-state index is 12.9. The van der Waals surface area contributed by atoms with E-state index < -0.39 is 5.91 Å². The van der Waals surface area contributed by atoms with Crippen LogP contribution >= 0.6 is 0 Å². The standard InChI is InChI=1S/C23H19N3O4/c27-22(16-7-3-1-4-8-16)21(23(28)24-17-9-5-2-6-10-17)26-25-18-11-12-19-20(15-18)30-14-13-29-19/h1-12,15,27H,13-14H2,(H,24,28). The number of carbonyl (C=O) groups excluding carboxylic acids is 1. The van der Waals surface area contributed by atoms with Gasteiger partial charge in [0.15, 0.2) is 23.0 Å². The second kappa shape index (κ2) is 8.91. The molecule has 0 aliphatic carbocycles. The van der Waals surface area contributed by atoms with Crippen molar-refractivity contribution in [1.29, 1.82) is 0 Å². The molecule has 0 saturated heterocycles. The lowest BCUT2D eigenvalue weighted by Crippen LogP contribution is -2.15. The van der Waals surface area contributed by atoms with Gasteiger partial charge in [-0.25, -0.2) is 0 Å². The Balaban J connectivity index is 1.66. The van der Waals surface area contributed by atoms with Crippen LogP contribution in [0.3, 0.4) is 0 Å². The first-order valence-corrected chi connectivity index (χ1v) is 9.37. The molecule has 3 aromatic rings. The zero-order chi connectivity index (χ0) is 20.8. The molecular weight excluding hydrogens is 382 g/mol. The Labute approximate surface area is 173 Å². The number of hydrogen-bond acceptors (Lipinski definition) is 6. The fraction of sp³-hybridized carbons (Fsp3) is 0.0870. The van der Waals surface area contributed by atoms with Crippen molar-refractivity contribution in [2.24, 2.45) is 10.2 Å². The van der Waals surface area contributed by atoms with E-state index in [1.54, 1.807) is 66.7 Å². The summed E-state index contributed by atoms with van der Waals surface area (Å²) in [5, 5.41) is 21.6. The monoisotopic (exact) mass is 401 g/mol. The Morgan fingerprint density at radius 3 is 2.27 bits per heavy atom. The number of hydrogen-bond donors (Lipinski definition) is 2. The zero-order valence-corrected chi connectivity index (χ0v) is 16.0. The molecule has 0 unspecified atom stereocenters. The minimum Gasteiger partial charge on any atom is -0.505 e. The van der Waals surface area contributed by atoms with Crippen LogP contribution in [0, 0.1) is 0 Å². The van der Waals surface area contributed by atoms with Gasteiger partial charge in [-0.05, 0) is 24.3 Å². The quantitative estimate of drug-likeness (QED) is 0.353. The molecule has 150 valence electrons. The lowest BCUT2D eigenvalue weighted by Gasteiger charge is -2.17. The number of azo groups is 1. The average Bonchev–Trinajstić information content (AvgIpc) is 2.80. The van der Waals surface area contributed by atoms with Crippen molar-refractivity contribution < 1.29 is 19.4 Å². The van der Waals surface area contributed by atoms with Gasteiger partial charge in [-0.3, -0.25) is 4.79 Å². The number of nitrogens with zero attached hydrogens (tertiary/aromatic N) is 2. The minimum absolute atomic E-state index is 0.208. The number of para-hydroxylation sites is 1. The molecule has 1 aliphatic heterocycles. The Morgan fingerprint density at radius 1 is 0.867 bits per heavy atom. The zero-order valence-electron chi connectivity index (χ0n) is 16.0. The van der Waals surface area contributed by atoms with Crippen molar-refractivity contribution in [2.45, 2.75) is 0 Å². The number of ether oxygens (including phenoxy) is 2. The van der Waals surface area contributed by atoms with Crippen LogP contribution in [0.5, 0.6) is 11.5 Å². The van der Waals surface area contributed by atoms with Gasteiger partial charge in [0, 0.05) is 17.3 Å². The summed E-state index contributed by atoms with van der Waals surface area (Å²) in [7, 11) is 0. The predicted molar refractivity (Wildman–Crippen MR) is 113 cm³/mol. The molecule has 0 fully saturated rings. The van der Waals surface area contributed by atoms with Gasteiger partial charge >= 0.3 is 0 Å². The number of benzene rings is 3. The third kappa shape index (κ3) is 4.47. The molecule has 4 rings (SSSR count). The fourth-order valence-corrected chi connectivity index (χ4v) is 2.85. The number of rotatable bonds is 5. The third-order valence-corrected chi connectivity index (χ3v) is 4.31. The Morgan fingerprint density at radius 2 is 1.53 bits per heavy atom. The van der Waals surface area contributed by atoms with Crippen molar-refractivity contribution >= 4 is 23.0 Å². The summed E-state index contributed by atoms with van der Waals surface area (Å²) >= 11 is 0. The summed E-state index contributed by atoms with van der Waals surface area (Å²) in [5.41, 5.74) is 1.29. The highest BCUT2D eigenvalue weighted by Crippen LogP contribution is 2.34. The summed E-state index contributed by atoms with van der Waals surface area (Å²) < 4.78 is 11.0. The van der Waals surface area contributed by atoms with Crippen LogP contribution in [0.4, 0.5) is 11.4 Å². The molecule has 0 atom stereocenters. The molecule has 30 heavy (non-hydrogen) atoms. The van der Waals surface area contributed by atoms with E-state index in [1.807, 2.05) is 12.1 Å². The van der Waals surface area contributed by atoms with Crippen LogP contribution in [0.2, 0.25) is 0 Å². The Kier molecular flexibility index (Phi) is 5.70. The molecule has 1 aliphatic rings. The lowest BCUT2D eigenvalue weighted by molar-refractivity contribution is -0.112. The SMILES string of the molecule is O=C(Nc1ccccc1)C(N=Nc1ccc2c(c1)OCCO2)=C(O)c1ccccc1. The first-order chi connectivity index (χ1) is 14.7. The predicted octanol–water partition coefficient (Wildman–Crippen LogP) is 5.11. The van der Waals surface area contributed by atoms with Crippen molar-refractivity contribution in [3.05, 3.63) is 90.1 Å². The highest BCUT2D eigenvalue weighted by Gasteiger charge is 2.18. The molecule has 0 bridgehead atoms. The van der Waals surface area contributed by atoms with E-state index in [-0.39, 0.29) is 11.5 Å². The first kappa shape index (κ1) is 19.2. The fourth-order valence-electron chi connectivity index (χ4n) is 2.85. The van der Waals surface area contributed by atoms with Crippen molar-refractivity contribution in [2.75, 3.05) is 18.5 Å². The molecule has 2 N–H and O–H groups in total. The normalized spacial score (nSPS) is 13.6. The summed E-state index contributed by atoms with van der Waals surface area (Å²) in [5.74, 6) is 0.336. The van der Waals surface area contributed by atoms with Crippen LogP contribution in [0.1, 0.15) is 5.56 Å². The van der Waals surface area contributed by atoms with Crippen LogP contribution in [-0.2, 0) is 4.79 Å². The second-order valence-electron chi connectivity index (χ2n) is 6.41. The summed E-state index contributed by atoms with van der Waals surface area (Å²) in [6.45, 7) is 0.943. The highest BCUT2D eigenvalue weighted by molar-refractivity contribution is 6.07. The first-order valence-electron chi connectivity index (χ1n) is 9.37. The maximum absolute atomic E-state index is 12.9. The second-order valence-corrected chi connectivity index (χ2v) is 6.41. The maximum Gasteiger partial charge on any atom is 0.280 e. The number of carbonyl (C=O) groups is 1. The molecule has 7 heteroatoms. The topological polar surface area (TPSA) is 92.5 Å². The highest BCUT2D eigenvalue weighted by atomic mass is 16.6. The molecule has 0 aromatic heterocycles. The number of aliphatic hydroxyl groups is 1. The van der Waals surface area contributed by atoms with Gasteiger partial charge in [-0.1, -0.05) is 48.5 Å². The number of anilines is 1. The van der Waals surface area contributed by atoms with E-state index in [9.17, 15) is 9.90 Å². The number of fused-ring (bicyclic) bond motifs is 1. The van der Waals surface area contributed by atoms with Crippen LogP contribution in [-0.4, -0.2) is 24.2 Å². The average molecular weight is 401 g/mol.